The number of ether oxygens (including phenoxy) is 1. The number of halogens is 1. The van der Waals surface area contributed by atoms with Crippen molar-refractivity contribution >= 4 is 11.5 Å². The number of carbonyl (C=O) groups excluding carboxylic acids is 1. The monoisotopic (exact) mass is 226 g/mol. The minimum absolute atomic E-state index is 0.0183. The molecule has 0 atom stereocenters. The summed E-state index contributed by atoms with van der Waals surface area (Å²) in [6.45, 7) is 2.77. The van der Waals surface area contributed by atoms with Crippen molar-refractivity contribution in [2.75, 3.05) is 7.11 Å². The van der Waals surface area contributed by atoms with Crippen molar-refractivity contribution in [1.82, 2.24) is 4.98 Å². The van der Waals surface area contributed by atoms with Crippen LogP contribution < -0.4 is 4.74 Å². The van der Waals surface area contributed by atoms with Gasteiger partial charge in [-0.1, -0.05) is 6.58 Å². The molecular weight excluding hydrogens is 219 g/mol. The van der Waals surface area contributed by atoms with Gasteiger partial charge < -0.3 is 4.74 Å². The fourth-order valence-electron chi connectivity index (χ4n) is 0.990. The third kappa shape index (κ3) is 2.19. The molecule has 0 bridgehead atoms. The van der Waals surface area contributed by atoms with Crippen molar-refractivity contribution in [3.8, 4) is 5.88 Å². The zero-order valence-corrected chi connectivity index (χ0v) is 8.27. The van der Waals surface area contributed by atoms with E-state index < -0.39 is 27.9 Å². The van der Waals surface area contributed by atoms with Crippen molar-refractivity contribution in [3.63, 3.8) is 0 Å². The van der Waals surface area contributed by atoms with E-state index in [-0.39, 0.29) is 5.88 Å². The minimum atomic E-state index is -1.32. The third-order valence-corrected chi connectivity index (χ3v) is 1.72. The van der Waals surface area contributed by atoms with Gasteiger partial charge in [-0.3, -0.25) is 14.9 Å². The molecule has 0 fully saturated rings. The first-order valence-corrected chi connectivity index (χ1v) is 4.06. The molecule has 0 N–H and O–H groups in total. The van der Waals surface area contributed by atoms with Gasteiger partial charge in [-0.2, -0.15) is 0 Å². The molecule has 0 unspecified atom stereocenters. The molecule has 0 aliphatic carbocycles. The van der Waals surface area contributed by atoms with Gasteiger partial charge in [0.25, 0.3) is 5.69 Å². The number of ketones is 1. The van der Waals surface area contributed by atoms with Crippen molar-refractivity contribution in [3.05, 3.63) is 40.3 Å². The summed E-state index contributed by atoms with van der Waals surface area (Å²) in [5.41, 5.74) is -1.22. The molecule has 84 valence electrons. The summed E-state index contributed by atoms with van der Waals surface area (Å²) in [7, 11) is 1.27. The number of Topliss-reactive ketones (excluding diaryl/α,β-unsaturated/α-hetero) is 1. The van der Waals surface area contributed by atoms with Gasteiger partial charge in [0.05, 0.1) is 12.0 Å². The third-order valence-electron chi connectivity index (χ3n) is 1.72. The first-order chi connectivity index (χ1) is 7.47. The Kier molecular flexibility index (Phi) is 3.29. The van der Waals surface area contributed by atoms with Crippen molar-refractivity contribution in [1.29, 1.82) is 0 Å². The number of allylic oxidation sites excluding steroid dienone is 1. The number of nitrogens with zero attached hydrogens (tertiary/aromatic N) is 2. The Morgan fingerprint density at radius 1 is 1.62 bits per heavy atom. The predicted octanol–water partition coefficient (Wildman–Crippen LogP) is 1.66. The highest BCUT2D eigenvalue weighted by molar-refractivity contribution is 6.08. The van der Waals surface area contributed by atoms with Gasteiger partial charge in [-0.05, 0) is 0 Å². The number of methoxy groups -OCH3 is 1. The number of pyridine rings is 1. The highest BCUT2D eigenvalue weighted by Crippen LogP contribution is 2.22. The zero-order chi connectivity index (χ0) is 12.3. The van der Waals surface area contributed by atoms with Crippen LogP contribution in [0.1, 0.15) is 10.5 Å². The van der Waals surface area contributed by atoms with Crippen molar-refractivity contribution < 1.29 is 18.8 Å². The van der Waals surface area contributed by atoms with Crippen LogP contribution in [0.15, 0.2) is 24.5 Å². The molecule has 0 amide bonds. The van der Waals surface area contributed by atoms with Gasteiger partial charge in [0.2, 0.25) is 11.7 Å². The van der Waals surface area contributed by atoms with Crippen molar-refractivity contribution in [2.45, 2.75) is 0 Å². The lowest BCUT2D eigenvalue weighted by Crippen LogP contribution is -2.07. The number of hydrogen-bond donors (Lipinski definition) is 0. The van der Waals surface area contributed by atoms with Crippen LogP contribution in [0.2, 0.25) is 0 Å². The summed E-state index contributed by atoms with van der Waals surface area (Å²) in [6, 6.07) is 2.22. The molecule has 0 saturated heterocycles. The molecule has 0 aliphatic heterocycles. The van der Waals surface area contributed by atoms with E-state index in [4.69, 9.17) is 0 Å². The quantitative estimate of drug-likeness (QED) is 0.337. The van der Waals surface area contributed by atoms with E-state index in [0.717, 1.165) is 6.07 Å². The Morgan fingerprint density at radius 2 is 2.25 bits per heavy atom. The molecule has 0 saturated carbocycles. The molecular formula is C9H7FN2O4. The maximum Gasteiger partial charge on any atom is 0.299 e. The molecule has 0 radical (unpaired) electrons. The second-order valence-electron chi connectivity index (χ2n) is 2.71. The van der Waals surface area contributed by atoms with Gasteiger partial charge in [0, 0.05) is 12.1 Å². The summed E-state index contributed by atoms with van der Waals surface area (Å²) >= 11 is 0. The molecule has 0 aliphatic rings. The maximum atomic E-state index is 12.6. The Balaban J connectivity index is 3.36. The van der Waals surface area contributed by atoms with Crippen LogP contribution in [0, 0.1) is 10.1 Å². The Bertz CT molecular complexity index is 473. The van der Waals surface area contributed by atoms with Gasteiger partial charge in [-0.15, -0.1) is 0 Å². The lowest BCUT2D eigenvalue weighted by atomic mass is 10.2. The van der Waals surface area contributed by atoms with Crippen LogP contribution in [0.5, 0.6) is 5.88 Å². The highest BCUT2D eigenvalue weighted by atomic mass is 19.1. The largest absolute Gasteiger partial charge is 0.481 e. The van der Waals surface area contributed by atoms with Crippen LogP contribution in [0.25, 0.3) is 0 Å². The van der Waals surface area contributed by atoms with Crippen LogP contribution >= 0.6 is 0 Å². The fraction of sp³-hybridized carbons (Fsp3) is 0.111. The van der Waals surface area contributed by atoms with E-state index in [9.17, 15) is 19.3 Å². The minimum Gasteiger partial charge on any atom is -0.481 e. The smallest absolute Gasteiger partial charge is 0.299 e. The molecule has 16 heavy (non-hydrogen) atoms. The SMILES string of the molecule is C=C(F)C(=O)c1nc(OC)ccc1[N+](=O)[O-]. The molecule has 1 aromatic heterocycles. The summed E-state index contributed by atoms with van der Waals surface area (Å²) < 4.78 is 17.3. The van der Waals surface area contributed by atoms with E-state index in [1.165, 1.54) is 13.2 Å². The number of nitro groups is 1. The molecule has 7 heteroatoms. The van der Waals surface area contributed by atoms with E-state index >= 15 is 0 Å². The lowest BCUT2D eigenvalue weighted by molar-refractivity contribution is -0.385. The Labute approximate surface area is 89.5 Å². The van der Waals surface area contributed by atoms with E-state index in [1.807, 2.05) is 0 Å². The maximum absolute atomic E-state index is 12.6. The molecule has 0 aromatic carbocycles. The van der Waals surface area contributed by atoms with Gasteiger partial charge in [0.15, 0.2) is 11.5 Å². The zero-order valence-electron chi connectivity index (χ0n) is 8.27. The number of carbonyl (C=O) groups is 1. The highest BCUT2D eigenvalue weighted by Gasteiger charge is 2.24. The standard InChI is InChI=1S/C9H7FN2O4/c1-5(10)9(13)8-6(12(14)15)3-4-7(11-8)16-2/h3-4H,1H2,2H3. The van der Waals surface area contributed by atoms with Crippen LogP contribution in [0.4, 0.5) is 10.1 Å². The molecule has 1 rings (SSSR count). The molecule has 1 aromatic rings. The number of hydrogen-bond acceptors (Lipinski definition) is 5. The fourth-order valence-corrected chi connectivity index (χ4v) is 0.990. The Hall–Kier alpha value is -2.31. The number of rotatable bonds is 4. The van der Waals surface area contributed by atoms with E-state index in [0.29, 0.717) is 0 Å². The Morgan fingerprint density at radius 3 is 2.69 bits per heavy atom. The van der Waals surface area contributed by atoms with Crippen LogP contribution in [0.3, 0.4) is 0 Å². The second-order valence-corrected chi connectivity index (χ2v) is 2.71. The summed E-state index contributed by atoms with van der Waals surface area (Å²) in [4.78, 5) is 24.5. The van der Waals surface area contributed by atoms with Crippen LogP contribution in [-0.2, 0) is 0 Å². The first-order valence-electron chi connectivity index (χ1n) is 4.06. The predicted molar refractivity (Wildman–Crippen MR) is 52.0 cm³/mol. The van der Waals surface area contributed by atoms with Gasteiger partial charge >= 0.3 is 0 Å². The van der Waals surface area contributed by atoms with Crippen LogP contribution in [-0.4, -0.2) is 22.8 Å². The summed E-state index contributed by atoms with van der Waals surface area (Å²) in [5, 5.41) is 10.6. The average molecular weight is 226 g/mol. The topological polar surface area (TPSA) is 82.3 Å². The average Bonchev–Trinajstić information content (AvgIpc) is 2.26. The summed E-state index contributed by atoms with van der Waals surface area (Å²) in [6.07, 6.45) is 0. The molecule has 6 nitrogen and oxygen atoms in total. The second kappa shape index (κ2) is 4.47. The van der Waals surface area contributed by atoms with Gasteiger partial charge in [0.1, 0.15) is 0 Å². The molecule has 1 heterocycles. The lowest BCUT2D eigenvalue weighted by Gasteiger charge is -2.02. The van der Waals surface area contributed by atoms with E-state index in [1.54, 1.807) is 0 Å². The summed E-state index contributed by atoms with van der Waals surface area (Å²) in [5.74, 6) is -2.57. The van der Waals surface area contributed by atoms with E-state index in [2.05, 4.69) is 16.3 Å². The van der Waals surface area contributed by atoms with Gasteiger partial charge in [-0.25, -0.2) is 9.37 Å². The normalized spacial score (nSPS) is 9.62. The first kappa shape index (κ1) is 11.8. The van der Waals surface area contributed by atoms with Crippen molar-refractivity contribution in [2.24, 2.45) is 0 Å². The number of aromatic nitrogens is 1. The molecule has 0 spiro atoms.